The Kier molecular flexibility index (Phi) is 4.05. The highest BCUT2D eigenvalue weighted by Crippen LogP contribution is 2.34. The summed E-state index contributed by atoms with van der Waals surface area (Å²) in [5.74, 6) is 0. The molecular formula is C19H21BN4O. The van der Waals surface area contributed by atoms with E-state index >= 15 is 0 Å². The average Bonchev–Trinajstić information content (AvgIpc) is 3.15. The molecule has 1 saturated heterocycles. The second kappa shape index (κ2) is 6.37. The van der Waals surface area contributed by atoms with E-state index in [0.717, 1.165) is 40.6 Å². The van der Waals surface area contributed by atoms with Crippen LogP contribution in [0.2, 0.25) is 6.82 Å². The number of hydrogen-bond donors (Lipinski definition) is 2. The molecule has 0 spiro atoms. The second-order valence-corrected chi connectivity index (χ2v) is 6.68. The summed E-state index contributed by atoms with van der Waals surface area (Å²) >= 11 is 0. The van der Waals surface area contributed by atoms with Crippen molar-refractivity contribution in [2.24, 2.45) is 0 Å². The monoisotopic (exact) mass is 332 g/mol. The van der Waals surface area contributed by atoms with Crippen LogP contribution in [0.3, 0.4) is 0 Å². The van der Waals surface area contributed by atoms with E-state index in [0.29, 0.717) is 5.69 Å². The average molecular weight is 332 g/mol. The van der Waals surface area contributed by atoms with E-state index < -0.39 is 6.92 Å². The smallest absolute Gasteiger partial charge is 0.320 e. The highest BCUT2D eigenvalue weighted by molar-refractivity contribution is 6.64. The van der Waals surface area contributed by atoms with E-state index in [4.69, 9.17) is 5.73 Å². The third-order valence-electron chi connectivity index (χ3n) is 4.93. The van der Waals surface area contributed by atoms with Crippen LogP contribution in [-0.4, -0.2) is 35.2 Å². The fraction of sp³-hybridized carbons (Fsp3) is 0.263. The molecule has 0 radical (unpaired) electrons. The fourth-order valence-corrected chi connectivity index (χ4v) is 3.53. The standard InChI is InChI=1S/C19H21BN4O/c1-20(25)14-5-7-19(24-8-2-3-9-24)16(11-14)13-4-6-15-17(21)12-22-23-18(15)10-13/h4-7,10-12,25H,2-3,8-9H2,1H3,(H2,21,23). The van der Waals surface area contributed by atoms with Crippen LogP contribution >= 0.6 is 0 Å². The first-order valence-corrected chi connectivity index (χ1v) is 8.72. The topological polar surface area (TPSA) is 75.3 Å². The zero-order valence-electron chi connectivity index (χ0n) is 14.3. The molecule has 1 aliphatic rings. The van der Waals surface area contributed by atoms with E-state index in [1.807, 2.05) is 18.2 Å². The Bertz CT molecular complexity index is 922. The molecule has 2 heterocycles. The lowest BCUT2D eigenvalue weighted by molar-refractivity contribution is 0.594. The predicted octanol–water partition coefficient (Wildman–Crippen LogP) is 2.30. The summed E-state index contributed by atoms with van der Waals surface area (Å²) in [6.45, 7) is 3.44. The van der Waals surface area contributed by atoms with Gasteiger partial charge in [-0.05, 0) is 42.1 Å². The minimum absolute atomic E-state index is 0.498. The molecule has 4 rings (SSSR count). The fourth-order valence-electron chi connectivity index (χ4n) is 3.53. The number of aromatic nitrogens is 2. The van der Waals surface area contributed by atoms with Crippen molar-refractivity contribution in [3.05, 3.63) is 42.6 Å². The first-order chi connectivity index (χ1) is 12.1. The van der Waals surface area contributed by atoms with Crippen LogP contribution in [0.1, 0.15) is 12.8 Å². The van der Waals surface area contributed by atoms with Gasteiger partial charge >= 0.3 is 6.92 Å². The van der Waals surface area contributed by atoms with Crippen LogP contribution in [0.25, 0.3) is 22.0 Å². The summed E-state index contributed by atoms with van der Waals surface area (Å²) in [6.07, 6.45) is 4.01. The van der Waals surface area contributed by atoms with Gasteiger partial charge in [-0.1, -0.05) is 25.0 Å². The molecule has 2 aromatic carbocycles. The second-order valence-electron chi connectivity index (χ2n) is 6.68. The highest BCUT2D eigenvalue weighted by atomic mass is 16.2. The molecule has 0 unspecified atom stereocenters. The van der Waals surface area contributed by atoms with Gasteiger partial charge in [0, 0.05) is 29.7 Å². The van der Waals surface area contributed by atoms with Crippen molar-refractivity contribution in [3.8, 4) is 11.1 Å². The van der Waals surface area contributed by atoms with Gasteiger partial charge in [-0.15, -0.1) is 0 Å². The van der Waals surface area contributed by atoms with Gasteiger partial charge in [-0.25, -0.2) is 0 Å². The summed E-state index contributed by atoms with van der Waals surface area (Å²) < 4.78 is 0. The summed E-state index contributed by atoms with van der Waals surface area (Å²) in [5, 5.41) is 19.1. The van der Waals surface area contributed by atoms with Crippen LogP contribution in [0.5, 0.6) is 0 Å². The Labute approximate surface area is 147 Å². The number of nitrogen functional groups attached to an aromatic ring is 1. The molecule has 0 atom stereocenters. The quantitative estimate of drug-likeness (QED) is 0.720. The molecule has 0 saturated carbocycles. The van der Waals surface area contributed by atoms with Crippen molar-refractivity contribution < 1.29 is 5.02 Å². The van der Waals surface area contributed by atoms with Gasteiger partial charge in [0.25, 0.3) is 0 Å². The number of fused-ring (bicyclic) bond motifs is 1. The van der Waals surface area contributed by atoms with Crippen LogP contribution in [-0.2, 0) is 0 Å². The van der Waals surface area contributed by atoms with E-state index in [1.54, 1.807) is 13.0 Å². The Morgan fingerprint density at radius 1 is 1.12 bits per heavy atom. The highest BCUT2D eigenvalue weighted by Gasteiger charge is 2.19. The maximum atomic E-state index is 10.0. The summed E-state index contributed by atoms with van der Waals surface area (Å²) in [4.78, 5) is 2.41. The van der Waals surface area contributed by atoms with Crippen LogP contribution in [0.4, 0.5) is 11.4 Å². The largest absolute Gasteiger partial charge is 0.447 e. The van der Waals surface area contributed by atoms with Crippen molar-refractivity contribution in [3.63, 3.8) is 0 Å². The number of anilines is 2. The summed E-state index contributed by atoms with van der Waals surface area (Å²) in [6, 6.07) is 12.3. The first kappa shape index (κ1) is 15.9. The zero-order chi connectivity index (χ0) is 17.4. The number of rotatable bonds is 3. The molecule has 1 fully saturated rings. The van der Waals surface area contributed by atoms with Crippen molar-refractivity contribution in [2.45, 2.75) is 19.7 Å². The molecule has 6 heteroatoms. The minimum atomic E-state index is -0.498. The third kappa shape index (κ3) is 2.93. The van der Waals surface area contributed by atoms with E-state index in [1.165, 1.54) is 18.5 Å². The number of benzene rings is 2. The van der Waals surface area contributed by atoms with Crippen molar-refractivity contribution in [1.29, 1.82) is 0 Å². The van der Waals surface area contributed by atoms with Gasteiger partial charge in [0.2, 0.25) is 0 Å². The maximum Gasteiger partial charge on any atom is 0.320 e. The number of nitrogens with zero attached hydrogens (tertiary/aromatic N) is 3. The normalized spacial score (nSPS) is 14.2. The predicted molar refractivity (Wildman–Crippen MR) is 104 cm³/mol. The van der Waals surface area contributed by atoms with E-state index in [2.05, 4.69) is 33.3 Å². The molecule has 0 amide bonds. The molecule has 1 aromatic heterocycles. The van der Waals surface area contributed by atoms with Crippen LogP contribution < -0.4 is 16.1 Å². The van der Waals surface area contributed by atoms with E-state index in [-0.39, 0.29) is 0 Å². The van der Waals surface area contributed by atoms with Crippen LogP contribution in [0.15, 0.2) is 42.6 Å². The SMILES string of the molecule is CB(O)c1ccc(N2CCCC2)c(-c2ccc3c(N)cnnc3c2)c1. The molecule has 0 aliphatic carbocycles. The molecule has 0 bridgehead atoms. The Balaban J connectivity index is 1.88. The molecule has 25 heavy (non-hydrogen) atoms. The van der Waals surface area contributed by atoms with Gasteiger partial charge in [0.1, 0.15) is 0 Å². The Morgan fingerprint density at radius 2 is 1.92 bits per heavy atom. The van der Waals surface area contributed by atoms with Gasteiger partial charge in [-0.2, -0.15) is 10.2 Å². The molecule has 1 aliphatic heterocycles. The van der Waals surface area contributed by atoms with Crippen LogP contribution in [0, 0.1) is 0 Å². The summed E-state index contributed by atoms with van der Waals surface area (Å²) in [5.41, 5.74) is 11.7. The molecular weight excluding hydrogens is 311 g/mol. The Morgan fingerprint density at radius 3 is 2.68 bits per heavy atom. The summed E-state index contributed by atoms with van der Waals surface area (Å²) in [7, 11) is 0. The first-order valence-electron chi connectivity index (χ1n) is 8.72. The maximum absolute atomic E-state index is 10.0. The number of hydrogen-bond acceptors (Lipinski definition) is 5. The third-order valence-corrected chi connectivity index (χ3v) is 4.93. The minimum Gasteiger partial charge on any atom is -0.447 e. The van der Waals surface area contributed by atoms with Crippen molar-refractivity contribution in [1.82, 2.24) is 10.2 Å². The van der Waals surface area contributed by atoms with Gasteiger partial charge in [-0.3, -0.25) is 0 Å². The van der Waals surface area contributed by atoms with Gasteiger partial charge < -0.3 is 15.7 Å². The molecule has 3 aromatic rings. The van der Waals surface area contributed by atoms with E-state index in [9.17, 15) is 5.02 Å². The molecule has 3 N–H and O–H groups in total. The number of nitrogens with two attached hydrogens (primary N) is 1. The molecule has 126 valence electrons. The lowest BCUT2D eigenvalue weighted by Gasteiger charge is -2.23. The van der Waals surface area contributed by atoms with Crippen molar-refractivity contribution in [2.75, 3.05) is 23.7 Å². The van der Waals surface area contributed by atoms with Gasteiger partial charge in [0.05, 0.1) is 17.4 Å². The lowest BCUT2D eigenvalue weighted by atomic mass is 9.64. The van der Waals surface area contributed by atoms with Gasteiger partial charge in [0.15, 0.2) is 0 Å². The van der Waals surface area contributed by atoms with Crippen molar-refractivity contribution >= 4 is 34.7 Å². The lowest BCUT2D eigenvalue weighted by Crippen LogP contribution is -2.27. The zero-order valence-corrected chi connectivity index (χ0v) is 14.3. The molecule has 5 nitrogen and oxygen atoms in total. The Hall–Kier alpha value is -2.60.